The molecule has 0 aromatic carbocycles. The number of hydrogen-bond acceptors (Lipinski definition) is 4. The summed E-state index contributed by atoms with van der Waals surface area (Å²) in [7, 11) is 0. The van der Waals surface area contributed by atoms with Crippen LogP contribution in [0.15, 0.2) is 18.2 Å². The van der Waals surface area contributed by atoms with Gasteiger partial charge in [-0.25, -0.2) is 9.78 Å². The summed E-state index contributed by atoms with van der Waals surface area (Å²) in [5, 5.41) is 8.84. The topological polar surface area (TPSA) is 53.4 Å². The van der Waals surface area contributed by atoms with Crippen LogP contribution in [0.2, 0.25) is 0 Å². The number of nitrogens with zero attached hydrogens (tertiary/aromatic N) is 2. The van der Waals surface area contributed by atoms with Crippen molar-refractivity contribution in [1.82, 2.24) is 9.88 Å². The molecule has 0 atom stereocenters. The standard InChI is InChI=1S/C13H20N2O2S/c1-3-15(4-2)8-9-18-10-11-6-5-7-12(14-11)13(16)17/h5-7H,3-4,8-10H2,1-2H3,(H,16,17). The van der Waals surface area contributed by atoms with Gasteiger partial charge in [0.2, 0.25) is 0 Å². The number of carboxylic acids is 1. The molecule has 1 rings (SSSR count). The first kappa shape index (κ1) is 15.0. The molecule has 0 saturated heterocycles. The van der Waals surface area contributed by atoms with E-state index in [4.69, 9.17) is 5.11 Å². The minimum atomic E-state index is -0.968. The Hall–Kier alpha value is -1.07. The molecule has 1 aromatic rings. The highest BCUT2D eigenvalue weighted by molar-refractivity contribution is 7.98. The van der Waals surface area contributed by atoms with E-state index in [0.717, 1.165) is 36.8 Å². The van der Waals surface area contributed by atoms with Gasteiger partial charge in [-0.3, -0.25) is 0 Å². The van der Waals surface area contributed by atoms with Gasteiger partial charge in [-0.15, -0.1) is 0 Å². The molecule has 0 saturated carbocycles. The molecule has 1 N–H and O–H groups in total. The lowest BCUT2D eigenvalue weighted by Gasteiger charge is -2.17. The molecule has 1 aromatic heterocycles. The molecule has 0 unspecified atom stereocenters. The van der Waals surface area contributed by atoms with Crippen molar-refractivity contribution in [3.8, 4) is 0 Å². The normalized spacial score (nSPS) is 10.8. The summed E-state index contributed by atoms with van der Waals surface area (Å²) in [5.41, 5.74) is 0.955. The molecule has 0 aliphatic rings. The van der Waals surface area contributed by atoms with Gasteiger partial charge in [0.25, 0.3) is 0 Å². The number of rotatable bonds is 8. The molecule has 0 aliphatic heterocycles. The lowest BCUT2D eigenvalue weighted by atomic mass is 10.3. The van der Waals surface area contributed by atoms with E-state index in [1.54, 1.807) is 17.8 Å². The third-order valence-electron chi connectivity index (χ3n) is 2.72. The van der Waals surface area contributed by atoms with Crippen LogP contribution >= 0.6 is 11.8 Å². The lowest BCUT2D eigenvalue weighted by molar-refractivity contribution is 0.0690. The number of carboxylic acid groups (broad SMARTS) is 1. The van der Waals surface area contributed by atoms with Gasteiger partial charge in [0.15, 0.2) is 0 Å². The Morgan fingerprint density at radius 2 is 2.11 bits per heavy atom. The van der Waals surface area contributed by atoms with Crippen LogP contribution in [0.4, 0.5) is 0 Å². The molecule has 5 heteroatoms. The SMILES string of the molecule is CCN(CC)CCSCc1cccc(C(=O)O)n1. The second-order valence-corrected chi connectivity index (χ2v) is 5.00. The maximum Gasteiger partial charge on any atom is 0.354 e. The largest absolute Gasteiger partial charge is 0.477 e. The van der Waals surface area contributed by atoms with Crippen LogP contribution in [-0.2, 0) is 5.75 Å². The molecule has 1 heterocycles. The third kappa shape index (κ3) is 5.06. The van der Waals surface area contributed by atoms with Gasteiger partial charge >= 0.3 is 5.97 Å². The second kappa shape index (κ2) is 8.11. The lowest BCUT2D eigenvalue weighted by Crippen LogP contribution is -2.25. The van der Waals surface area contributed by atoms with Crippen LogP contribution < -0.4 is 0 Å². The molecule has 0 radical (unpaired) electrons. The number of thioether (sulfide) groups is 1. The molecule has 0 aliphatic carbocycles. The van der Waals surface area contributed by atoms with Gasteiger partial charge in [0.05, 0.1) is 5.69 Å². The number of carbonyl (C=O) groups is 1. The van der Waals surface area contributed by atoms with Crippen molar-refractivity contribution >= 4 is 17.7 Å². The monoisotopic (exact) mass is 268 g/mol. The number of aromatic nitrogens is 1. The Balaban J connectivity index is 2.35. The van der Waals surface area contributed by atoms with Gasteiger partial charge in [0.1, 0.15) is 5.69 Å². The predicted octanol–water partition coefficient (Wildman–Crippen LogP) is 2.35. The van der Waals surface area contributed by atoms with Crippen molar-refractivity contribution in [2.45, 2.75) is 19.6 Å². The molecular weight excluding hydrogens is 248 g/mol. The van der Waals surface area contributed by atoms with Crippen LogP contribution in [0.5, 0.6) is 0 Å². The van der Waals surface area contributed by atoms with Crippen LogP contribution in [0.1, 0.15) is 30.0 Å². The zero-order chi connectivity index (χ0) is 13.4. The van der Waals surface area contributed by atoms with E-state index in [1.807, 2.05) is 6.07 Å². The first-order valence-corrected chi connectivity index (χ1v) is 7.32. The number of hydrogen-bond donors (Lipinski definition) is 1. The van der Waals surface area contributed by atoms with Crippen molar-refractivity contribution in [3.63, 3.8) is 0 Å². The molecule has 18 heavy (non-hydrogen) atoms. The van der Waals surface area contributed by atoms with E-state index in [1.165, 1.54) is 6.07 Å². The number of aromatic carboxylic acids is 1. The Bertz CT molecular complexity index is 381. The Morgan fingerprint density at radius 3 is 2.72 bits per heavy atom. The first-order chi connectivity index (χ1) is 8.67. The van der Waals surface area contributed by atoms with Gasteiger partial charge in [-0.2, -0.15) is 11.8 Å². The zero-order valence-corrected chi connectivity index (χ0v) is 11.7. The summed E-state index contributed by atoms with van der Waals surface area (Å²) in [6.45, 7) is 7.53. The first-order valence-electron chi connectivity index (χ1n) is 6.16. The smallest absolute Gasteiger partial charge is 0.354 e. The highest BCUT2D eigenvalue weighted by Crippen LogP contribution is 2.11. The van der Waals surface area contributed by atoms with Crippen LogP contribution in [0.3, 0.4) is 0 Å². The Morgan fingerprint density at radius 1 is 1.39 bits per heavy atom. The van der Waals surface area contributed by atoms with Crippen molar-refractivity contribution in [2.75, 3.05) is 25.4 Å². The van der Waals surface area contributed by atoms with E-state index >= 15 is 0 Å². The van der Waals surface area contributed by atoms with Crippen molar-refractivity contribution in [1.29, 1.82) is 0 Å². The maximum atomic E-state index is 10.8. The zero-order valence-electron chi connectivity index (χ0n) is 10.9. The third-order valence-corrected chi connectivity index (χ3v) is 3.69. The number of pyridine rings is 1. The van der Waals surface area contributed by atoms with E-state index < -0.39 is 5.97 Å². The average molecular weight is 268 g/mol. The minimum Gasteiger partial charge on any atom is -0.477 e. The molecule has 4 nitrogen and oxygen atoms in total. The Kier molecular flexibility index (Phi) is 6.75. The summed E-state index contributed by atoms with van der Waals surface area (Å²) < 4.78 is 0. The molecule has 0 amide bonds. The average Bonchev–Trinajstić information content (AvgIpc) is 2.39. The van der Waals surface area contributed by atoms with E-state index in [9.17, 15) is 4.79 Å². The molecule has 0 fully saturated rings. The maximum absolute atomic E-state index is 10.8. The second-order valence-electron chi connectivity index (χ2n) is 3.90. The highest BCUT2D eigenvalue weighted by Gasteiger charge is 2.05. The molecule has 100 valence electrons. The van der Waals surface area contributed by atoms with E-state index in [0.29, 0.717) is 0 Å². The van der Waals surface area contributed by atoms with Gasteiger partial charge in [-0.05, 0) is 25.2 Å². The summed E-state index contributed by atoms with van der Waals surface area (Å²) in [6, 6.07) is 5.14. The highest BCUT2D eigenvalue weighted by atomic mass is 32.2. The van der Waals surface area contributed by atoms with Crippen molar-refractivity contribution in [2.24, 2.45) is 0 Å². The van der Waals surface area contributed by atoms with Gasteiger partial charge in [-0.1, -0.05) is 19.9 Å². The van der Waals surface area contributed by atoms with Crippen molar-refractivity contribution in [3.05, 3.63) is 29.6 Å². The fourth-order valence-corrected chi connectivity index (χ4v) is 2.49. The van der Waals surface area contributed by atoms with Gasteiger partial charge in [0, 0.05) is 18.1 Å². The fourth-order valence-electron chi connectivity index (χ4n) is 1.59. The molecule has 0 spiro atoms. The minimum absolute atomic E-state index is 0.122. The summed E-state index contributed by atoms with van der Waals surface area (Å²) >= 11 is 1.79. The Labute approximate surface area is 112 Å². The van der Waals surface area contributed by atoms with E-state index in [2.05, 4.69) is 23.7 Å². The summed E-state index contributed by atoms with van der Waals surface area (Å²) in [4.78, 5) is 17.2. The van der Waals surface area contributed by atoms with E-state index in [-0.39, 0.29) is 5.69 Å². The van der Waals surface area contributed by atoms with Crippen LogP contribution in [0.25, 0.3) is 0 Å². The van der Waals surface area contributed by atoms with Gasteiger partial charge < -0.3 is 10.0 Å². The summed E-state index contributed by atoms with van der Waals surface area (Å²) in [5.74, 6) is 0.841. The molecule has 0 bridgehead atoms. The predicted molar refractivity (Wildman–Crippen MR) is 75.1 cm³/mol. The summed E-state index contributed by atoms with van der Waals surface area (Å²) in [6.07, 6.45) is 0. The fraction of sp³-hybridized carbons (Fsp3) is 0.538. The quantitative estimate of drug-likeness (QED) is 0.733. The molecular formula is C13H20N2O2S. The van der Waals surface area contributed by atoms with Crippen LogP contribution in [-0.4, -0.2) is 46.3 Å². The van der Waals surface area contributed by atoms with Crippen LogP contribution in [0, 0.1) is 0 Å². The van der Waals surface area contributed by atoms with Crippen molar-refractivity contribution < 1.29 is 9.90 Å².